The average Bonchev–Trinajstić information content (AvgIpc) is 3.40. The van der Waals surface area contributed by atoms with Crippen LogP contribution in [0, 0.1) is 0 Å². The van der Waals surface area contributed by atoms with E-state index >= 15 is 0 Å². The van der Waals surface area contributed by atoms with Gasteiger partial charge in [0.25, 0.3) is 11.8 Å². The number of piperazine rings is 1. The maximum atomic E-state index is 13.3. The Balaban J connectivity index is 1.48. The average molecular weight is 513 g/mol. The molecule has 0 spiro atoms. The largest absolute Gasteiger partial charge is 0.447 e. The van der Waals surface area contributed by atoms with Crippen LogP contribution >= 0.6 is 11.3 Å². The van der Waals surface area contributed by atoms with E-state index in [9.17, 15) is 28.2 Å². The molecule has 3 aliphatic rings. The molecule has 1 amide bonds. The van der Waals surface area contributed by atoms with Crippen LogP contribution in [-0.4, -0.2) is 68.1 Å². The van der Waals surface area contributed by atoms with Gasteiger partial charge < -0.3 is 24.3 Å². The third-order valence-electron chi connectivity index (χ3n) is 6.01. The number of amides is 1. The highest BCUT2D eigenvalue weighted by molar-refractivity contribution is 7.13. The van der Waals surface area contributed by atoms with E-state index in [4.69, 9.17) is 9.15 Å². The van der Waals surface area contributed by atoms with Crippen molar-refractivity contribution in [1.29, 1.82) is 0 Å². The summed E-state index contributed by atoms with van der Waals surface area (Å²) in [5.74, 6) is -4.08. The number of hydrogen-bond acceptors (Lipinski definition) is 9. The van der Waals surface area contributed by atoms with Crippen molar-refractivity contribution in [2.45, 2.75) is 56.8 Å². The zero-order valence-electron chi connectivity index (χ0n) is 19.0. The zero-order valence-corrected chi connectivity index (χ0v) is 19.9. The van der Waals surface area contributed by atoms with Gasteiger partial charge >= 0.3 is 12.3 Å². The second-order valence-electron chi connectivity index (χ2n) is 9.71. The minimum absolute atomic E-state index is 0.0303. The summed E-state index contributed by atoms with van der Waals surface area (Å²) in [4.78, 5) is 24.5. The van der Waals surface area contributed by atoms with Crippen LogP contribution in [-0.2, 0) is 10.5 Å². The van der Waals surface area contributed by atoms with Crippen LogP contribution in [0.1, 0.15) is 32.8 Å². The fraction of sp³-hybridized carbons (Fsp3) is 0.500. The van der Waals surface area contributed by atoms with Crippen molar-refractivity contribution in [2.75, 3.05) is 18.0 Å². The van der Waals surface area contributed by atoms with E-state index < -0.39 is 23.1 Å². The van der Waals surface area contributed by atoms with Crippen LogP contribution in [0.15, 0.2) is 28.1 Å². The molecule has 3 saturated heterocycles. The Morgan fingerprint density at radius 2 is 1.89 bits per heavy atom. The molecule has 2 N–H and O–H groups in total. The Morgan fingerprint density at radius 3 is 2.46 bits per heavy atom. The maximum absolute atomic E-state index is 13.3. The van der Waals surface area contributed by atoms with Crippen LogP contribution in [0.3, 0.4) is 0 Å². The number of aromatic nitrogens is 2. The van der Waals surface area contributed by atoms with Gasteiger partial charge in [0.1, 0.15) is 16.1 Å². The number of aliphatic hydroxyl groups is 2. The number of nitrogens with zero attached hydrogens (tertiary/aromatic N) is 4. The van der Waals surface area contributed by atoms with E-state index in [-0.39, 0.29) is 40.9 Å². The van der Waals surface area contributed by atoms with Crippen molar-refractivity contribution in [3.8, 4) is 10.6 Å². The minimum atomic E-state index is -5.33. The lowest BCUT2D eigenvalue weighted by Crippen LogP contribution is -2.70. The predicted octanol–water partition coefficient (Wildman–Crippen LogP) is 3.85. The number of carbonyl (C=O) groups excluding carboxylic acids is 1. The van der Waals surface area contributed by atoms with Gasteiger partial charge in [0, 0.05) is 30.2 Å². The number of thiazole rings is 1. The molecule has 188 valence electrons. The van der Waals surface area contributed by atoms with Gasteiger partial charge in [-0.15, -0.1) is 11.3 Å². The van der Waals surface area contributed by atoms with Crippen LogP contribution in [0.5, 0.6) is 0 Å². The lowest BCUT2D eigenvalue weighted by molar-refractivity contribution is -0.358. The van der Waals surface area contributed by atoms with Gasteiger partial charge in [-0.2, -0.15) is 18.2 Å². The van der Waals surface area contributed by atoms with E-state index in [1.165, 1.54) is 6.20 Å². The third-order valence-corrected chi connectivity index (χ3v) is 6.81. The van der Waals surface area contributed by atoms with Crippen LogP contribution in [0.25, 0.3) is 21.7 Å². The molecule has 0 aliphatic carbocycles. The predicted molar refractivity (Wildman–Crippen MR) is 120 cm³/mol. The number of anilines is 1. The molecule has 6 rings (SSSR count). The molecule has 9 nitrogen and oxygen atoms in total. The summed E-state index contributed by atoms with van der Waals surface area (Å²) in [6, 6.07) is 1.90. The van der Waals surface area contributed by atoms with Gasteiger partial charge in [-0.1, -0.05) is 0 Å². The number of oxazole rings is 1. The van der Waals surface area contributed by atoms with E-state index in [1.54, 1.807) is 31.1 Å². The summed E-state index contributed by atoms with van der Waals surface area (Å²) in [6.45, 7) is 6.21. The summed E-state index contributed by atoms with van der Waals surface area (Å²) in [7, 11) is 0. The van der Waals surface area contributed by atoms with Gasteiger partial charge in [-0.25, -0.2) is 9.78 Å². The van der Waals surface area contributed by atoms with Crippen molar-refractivity contribution in [1.82, 2.24) is 14.9 Å². The first-order valence-corrected chi connectivity index (χ1v) is 11.8. The van der Waals surface area contributed by atoms with Crippen LogP contribution in [0.4, 0.5) is 24.0 Å². The third kappa shape index (κ3) is 4.10. The summed E-state index contributed by atoms with van der Waals surface area (Å²) in [6.07, 6.45) is -3.44. The molecule has 5 heterocycles. The number of halogens is 3. The molecule has 3 aromatic rings. The number of alkyl halides is 3. The highest BCUT2D eigenvalue weighted by Gasteiger charge is 2.55. The lowest BCUT2D eigenvalue weighted by atomic mass is 9.88. The van der Waals surface area contributed by atoms with Crippen molar-refractivity contribution in [3.05, 3.63) is 29.3 Å². The minimum Gasteiger partial charge on any atom is -0.444 e. The highest BCUT2D eigenvalue weighted by Crippen LogP contribution is 2.43. The van der Waals surface area contributed by atoms with Gasteiger partial charge in [-0.3, -0.25) is 4.90 Å². The Labute approximate surface area is 201 Å². The van der Waals surface area contributed by atoms with E-state index in [0.717, 1.165) is 29.9 Å². The number of hydrogen-bond donors (Lipinski definition) is 2. The first-order valence-electron chi connectivity index (χ1n) is 10.9. The lowest BCUT2D eigenvalue weighted by Gasteiger charge is -2.55. The summed E-state index contributed by atoms with van der Waals surface area (Å²) >= 11 is 1.16. The molecule has 2 bridgehead atoms. The Morgan fingerprint density at radius 1 is 1.20 bits per heavy atom. The molecule has 2 aromatic heterocycles. The van der Waals surface area contributed by atoms with Crippen molar-refractivity contribution < 1.29 is 37.3 Å². The molecule has 2 atom stereocenters. The highest BCUT2D eigenvalue weighted by atomic mass is 32.1. The molecule has 3 fully saturated rings. The number of fused-ring (bicyclic) bond motifs is 3. The fourth-order valence-corrected chi connectivity index (χ4v) is 5.07. The second-order valence-corrected chi connectivity index (χ2v) is 10.6. The van der Waals surface area contributed by atoms with Gasteiger partial charge in [0.15, 0.2) is 5.58 Å². The number of benzene rings is 1. The summed E-state index contributed by atoms with van der Waals surface area (Å²) < 4.78 is 51.4. The molecular formula is C22H23F3N4O5S. The van der Waals surface area contributed by atoms with Crippen molar-refractivity contribution in [2.24, 2.45) is 0 Å². The van der Waals surface area contributed by atoms with E-state index in [0.29, 0.717) is 18.1 Å². The Bertz CT molecular complexity index is 1260. The molecule has 0 radical (unpaired) electrons. The normalized spacial score (nSPS) is 20.8. The molecular weight excluding hydrogens is 489 g/mol. The zero-order chi connectivity index (χ0) is 25.3. The second kappa shape index (κ2) is 7.80. The SMILES string of the molecule is CC(C)(C)OC(=O)N1C2CC1CN(c1nc3cc(C(O)(O)C(F)(F)F)cc(-c4nccs4)c3o1)C2. The van der Waals surface area contributed by atoms with E-state index in [2.05, 4.69) is 9.97 Å². The van der Waals surface area contributed by atoms with Crippen molar-refractivity contribution in [3.63, 3.8) is 0 Å². The number of ether oxygens (including phenoxy) is 1. The number of carbonyl (C=O) groups is 1. The smallest absolute Gasteiger partial charge is 0.444 e. The Hall–Kier alpha value is -2.90. The van der Waals surface area contributed by atoms with Gasteiger partial charge in [-0.05, 0) is 39.3 Å². The standard InChI is InChI=1S/C22H23F3N4O5S/c1-20(2,3)34-19(30)29-12-8-13(29)10-28(9-12)18-27-15-7-11(21(31,32)22(23,24)25)6-14(16(15)33-18)17-26-4-5-35-17/h4-7,12-13,31-32H,8-10H2,1-3H3. The molecule has 2 unspecified atom stereocenters. The van der Waals surface area contributed by atoms with Crippen molar-refractivity contribution >= 4 is 34.5 Å². The summed E-state index contributed by atoms with van der Waals surface area (Å²) in [5, 5.41) is 21.7. The topological polar surface area (TPSA) is 112 Å². The molecule has 1 aromatic carbocycles. The van der Waals surface area contributed by atoms with E-state index in [1.807, 2.05) is 4.90 Å². The van der Waals surface area contributed by atoms with Crippen LogP contribution in [0.2, 0.25) is 0 Å². The summed E-state index contributed by atoms with van der Waals surface area (Å²) in [5.41, 5.74) is -1.03. The van der Waals surface area contributed by atoms with Gasteiger partial charge in [0.2, 0.25) is 0 Å². The molecule has 3 aliphatic heterocycles. The van der Waals surface area contributed by atoms with Crippen LogP contribution < -0.4 is 4.90 Å². The Kier molecular flexibility index (Phi) is 5.31. The first-order chi connectivity index (χ1) is 16.2. The monoisotopic (exact) mass is 512 g/mol. The number of piperidine rings is 1. The molecule has 35 heavy (non-hydrogen) atoms. The van der Waals surface area contributed by atoms with Gasteiger partial charge in [0.05, 0.1) is 17.6 Å². The molecule has 13 heteroatoms. The number of rotatable bonds is 3. The first kappa shape index (κ1) is 23.8. The molecule has 0 saturated carbocycles. The fourth-order valence-electron chi connectivity index (χ4n) is 4.42. The maximum Gasteiger partial charge on any atom is 0.447 e. The quantitative estimate of drug-likeness (QED) is 0.509.